The van der Waals surface area contributed by atoms with Crippen molar-refractivity contribution in [3.63, 3.8) is 0 Å². The van der Waals surface area contributed by atoms with Crippen molar-refractivity contribution in [1.82, 2.24) is 0 Å². The largest absolute Gasteiger partial charge is 0.456 e. The van der Waals surface area contributed by atoms with Gasteiger partial charge in [0.1, 0.15) is 11.2 Å². The first-order valence-electron chi connectivity index (χ1n) is 15.2. The summed E-state index contributed by atoms with van der Waals surface area (Å²) in [7, 11) is 0. The third kappa shape index (κ3) is 4.48. The van der Waals surface area contributed by atoms with Gasteiger partial charge in [0, 0.05) is 48.0 Å². The van der Waals surface area contributed by atoms with Gasteiger partial charge < -0.3 is 9.32 Å². The molecule has 0 saturated carbocycles. The molecule has 0 N–H and O–H groups in total. The normalized spacial score (nSPS) is 11.6. The van der Waals surface area contributed by atoms with Gasteiger partial charge in [-0.1, -0.05) is 91.0 Å². The Hall–Kier alpha value is -5.64. The van der Waals surface area contributed by atoms with E-state index in [9.17, 15) is 0 Å². The van der Waals surface area contributed by atoms with Crippen molar-refractivity contribution in [2.75, 3.05) is 4.90 Å². The molecule has 0 aliphatic heterocycles. The van der Waals surface area contributed by atoms with Crippen LogP contribution in [0, 0.1) is 0 Å². The Balaban J connectivity index is 1.10. The Morgan fingerprint density at radius 2 is 0.978 bits per heavy atom. The topological polar surface area (TPSA) is 16.4 Å². The molecule has 2 nitrogen and oxygen atoms in total. The van der Waals surface area contributed by atoms with E-state index in [2.05, 4.69) is 157 Å². The van der Waals surface area contributed by atoms with Crippen molar-refractivity contribution in [1.29, 1.82) is 0 Å². The van der Waals surface area contributed by atoms with Gasteiger partial charge in [-0.3, -0.25) is 0 Å². The molecular formula is C42H27NOS. The zero-order valence-electron chi connectivity index (χ0n) is 24.4. The molecule has 0 fully saturated rings. The minimum Gasteiger partial charge on any atom is -0.456 e. The summed E-state index contributed by atoms with van der Waals surface area (Å²) in [5, 5.41) is 4.88. The Morgan fingerprint density at radius 1 is 0.356 bits per heavy atom. The smallest absolute Gasteiger partial charge is 0.136 e. The molecule has 0 radical (unpaired) electrons. The number of hydrogen-bond acceptors (Lipinski definition) is 3. The fourth-order valence-electron chi connectivity index (χ4n) is 6.47. The second kappa shape index (κ2) is 10.5. The minimum atomic E-state index is 0.920. The number of furan rings is 1. The van der Waals surface area contributed by atoms with Gasteiger partial charge in [-0.15, -0.1) is 11.3 Å². The van der Waals surface area contributed by atoms with Crippen molar-refractivity contribution < 1.29 is 4.42 Å². The van der Waals surface area contributed by atoms with Crippen LogP contribution in [0.25, 0.3) is 64.4 Å². The van der Waals surface area contributed by atoms with Crippen LogP contribution in [0.3, 0.4) is 0 Å². The van der Waals surface area contributed by atoms with Gasteiger partial charge in [0.2, 0.25) is 0 Å². The lowest BCUT2D eigenvalue weighted by atomic mass is 9.97. The predicted molar refractivity (Wildman–Crippen MR) is 192 cm³/mol. The SMILES string of the molecule is c1ccc(N(c2ccccc2)c2ccc3sc4cc(-c5cccc(-c6ccc7c(c6)oc6ccccc67)c5)ccc4c3c2)cc1. The maximum Gasteiger partial charge on any atom is 0.136 e. The third-order valence-electron chi connectivity index (χ3n) is 8.65. The molecule has 3 heteroatoms. The number of nitrogens with zero attached hydrogens (tertiary/aromatic N) is 1. The first-order valence-corrected chi connectivity index (χ1v) is 16.0. The van der Waals surface area contributed by atoms with Crippen molar-refractivity contribution in [3.8, 4) is 22.3 Å². The highest BCUT2D eigenvalue weighted by atomic mass is 32.1. The van der Waals surface area contributed by atoms with Gasteiger partial charge in [0.05, 0.1) is 0 Å². The summed E-state index contributed by atoms with van der Waals surface area (Å²) in [4.78, 5) is 2.32. The number of thiophene rings is 1. The molecule has 0 saturated heterocycles. The zero-order valence-corrected chi connectivity index (χ0v) is 25.2. The summed E-state index contributed by atoms with van der Waals surface area (Å²) in [6.45, 7) is 0. The number of benzene rings is 7. The molecule has 2 aromatic heterocycles. The summed E-state index contributed by atoms with van der Waals surface area (Å²) < 4.78 is 8.76. The molecule has 0 aliphatic carbocycles. The Morgan fingerprint density at radius 3 is 1.73 bits per heavy atom. The lowest BCUT2D eigenvalue weighted by molar-refractivity contribution is 0.669. The third-order valence-corrected chi connectivity index (χ3v) is 9.78. The minimum absolute atomic E-state index is 0.920. The second-order valence-electron chi connectivity index (χ2n) is 11.4. The highest BCUT2D eigenvalue weighted by Crippen LogP contribution is 2.42. The molecule has 0 spiro atoms. The van der Waals surface area contributed by atoms with Gasteiger partial charge in [0.15, 0.2) is 0 Å². The van der Waals surface area contributed by atoms with E-state index in [0.29, 0.717) is 0 Å². The van der Waals surface area contributed by atoms with Crippen molar-refractivity contribution in [2.45, 2.75) is 0 Å². The summed E-state index contributed by atoms with van der Waals surface area (Å²) in [6, 6.07) is 58.5. The number of rotatable bonds is 5. The second-order valence-corrected chi connectivity index (χ2v) is 12.5. The van der Waals surface area contributed by atoms with Gasteiger partial charge in [-0.2, -0.15) is 0 Å². The highest BCUT2D eigenvalue weighted by molar-refractivity contribution is 7.25. The summed E-state index contributed by atoms with van der Waals surface area (Å²) in [5.74, 6) is 0. The average molecular weight is 594 g/mol. The molecule has 2 heterocycles. The van der Waals surface area contributed by atoms with Crippen LogP contribution in [0.4, 0.5) is 17.1 Å². The van der Waals surface area contributed by atoms with Crippen molar-refractivity contribution in [3.05, 3.63) is 164 Å². The number of anilines is 3. The molecule has 45 heavy (non-hydrogen) atoms. The number of fused-ring (bicyclic) bond motifs is 6. The molecule has 7 aromatic carbocycles. The highest BCUT2D eigenvalue weighted by Gasteiger charge is 2.15. The molecule has 0 unspecified atom stereocenters. The zero-order chi connectivity index (χ0) is 29.7. The molecule has 9 rings (SSSR count). The van der Waals surface area contributed by atoms with Crippen molar-refractivity contribution >= 4 is 70.5 Å². The molecule has 0 amide bonds. The lowest BCUT2D eigenvalue weighted by Crippen LogP contribution is -2.09. The maximum atomic E-state index is 6.18. The first-order chi connectivity index (χ1) is 22.3. The van der Waals surface area contributed by atoms with Crippen LogP contribution >= 0.6 is 11.3 Å². The first kappa shape index (κ1) is 25.8. The average Bonchev–Trinajstić information content (AvgIpc) is 3.66. The van der Waals surface area contributed by atoms with Gasteiger partial charge in [-0.25, -0.2) is 0 Å². The van der Waals surface area contributed by atoms with E-state index in [1.54, 1.807) is 0 Å². The molecule has 0 atom stereocenters. The Labute approximate surface area is 265 Å². The van der Waals surface area contributed by atoms with Gasteiger partial charge >= 0.3 is 0 Å². The summed E-state index contributed by atoms with van der Waals surface area (Å²) >= 11 is 1.86. The van der Waals surface area contributed by atoms with Crippen LogP contribution in [0.2, 0.25) is 0 Å². The molecular weight excluding hydrogens is 567 g/mol. The molecule has 0 bridgehead atoms. The van der Waals surface area contributed by atoms with Gasteiger partial charge in [-0.05, 0) is 95.1 Å². The van der Waals surface area contributed by atoms with Crippen LogP contribution in [-0.4, -0.2) is 0 Å². The maximum absolute atomic E-state index is 6.18. The van der Waals surface area contributed by atoms with Crippen LogP contribution in [0.1, 0.15) is 0 Å². The summed E-state index contributed by atoms with van der Waals surface area (Å²) in [6.07, 6.45) is 0. The summed E-state index contributed by atoms with van der Waals surface area (Å²) in [5.41, 5.74) is 10.0. The quantitative estimate of drug-likeness (QED) is 0.197. The Bertz CT molecular complexity index is 2450. The lowest BCUT2D eigenvalue weighted by Gasteiger charge is -2.25. The van der Waals surface area contributed by atoms with Crippen LogP contribution in [-0.2, 0) is 0 Å². The van der Waals surface area contributed by atoms with E-state index in [4.69, 9.17) is 4.42 Å². The fourth-order valence-corrected chi connectivity index (χ4v) is 7.59. The van der Waals surface area contributed by atoms with E-state index in [-0.39, 0.29) is 0 Å². The van der Waals surface area contributed by atoms with Crippen LogP contribution in [0.5, 0.6) is 0 Å². The van der Waals surface area contributed by atoms with E-state index in [0.717, 1.165) is 44.6 Å². The standard InChI is InChI=1S/C42H27NOS/c1-3-12-32(13-4-1)43(33-14-5-2-6-15-33)34-20-23-41-38(27-34)37-22-19-31(26-42(37)45-41)29-11-9-10-28(24-29)30-18-21-36-35-16-7-8-17-39(35)44-40(36)25-30/h1-27H. The van der Waals surface area contributed by atoms with Crippen molar-refractivity contribution in [2.24, 2.45) is 0 Å². The monoisotopic (exact) mass is 593 g/mol. The van der Waals surface area contributed by atoms with Crippen LogP contribution < -0.4 is 4.90 Å². The molecule has 0 aliphatic rings. The predicted octanol–water partition coefficient (Wildman–Crippen LogP) is 12.8. The van der Waals surface area contributed by atoms with E-state index in [1.165, 1.54) is 36.9 Å². The van der Waals surface area contributed by atoms with Crippen LogP contribution in [0.15, 0.2) is 168 Å². The van der Waals surface area contributed by atoms with E-state index in [1.807, 2.05) is 23.5 Å². The fraction of sp³-hybridized carbons (Fsp3) is 0. The number of hydrogen-bond donors (Lipinski definition) is 0. The van der Waals surface area contributed by atoms with Gasteiger partial charge in [0.25, 0.3) is 0 Å². The molecule has 212 valence electrons. The number of para-hydroxylation sites is 3. The Kier molecular flexibility index (Phi) is 6.03. The van der Waals surface area contributed by atoms with E-state index < -0.39 is 0 Å². The molecule has 9 aromatic rings. The van der Waals surface area contributed by atoms with E-state index >= 15 is 0 Å².